The number of nitrogens with one attached hydrogen (secondary N) is 1. The summed E-state index contributed by atoms with van der Waals surface area (Å²) in [6.45, 7) is 7.63. The van der Waals surface area contributed by atoms with Gasteiger partial charge >= 0.3 is 0 Å². The van der Waals surface area contributed by atoms with E-state index in [1.54, 1.807) is 25.2 Å². The molecule has 1 aliphatic heterocycles. The van der Waals surface area contributed by atoms with Gasteiger partial charge in [0.25, 0.3) is 5.91 Å². The van der Waals surface area contributed by atoms with Crippen LogP contribution in [0.15, 0.2) is 18.2 Å². The molecule has 2 heterocycles. The number of benzene rings is 1. The van der Waals surface area contributed by atoms with Crippen molar-refractivity contribution in [1.29, 1.82) is 0 Å². The highest BCUT2D eigenvalue weighted by molar-refractivity contribution is 6.09. The van der Waals surface area contributed by atoms with Gasteiger partial charge in [-0.2, -0.15) is 5.10 Å². The highest BCUT2D eigenvalue weighted by Gasteiger charge is 2.24. The highest BCUT2D eigenvalue weighted by atomic mass is 16.7. The Morgan fingerprint density at radius 2 is 1.80 bits per heavy atom. The number of nitrogens with zero attached hydrogens (tertiary/aromatic N) is 2. The van der Waals surface area contributed by atoms with Crippen LogP contribution in [0.1, 0.15) is 54.2 Å². The maximum absolute atomic E-state index is 12.7. The molecule has 2 aromatic rings. The highest BCUT2D eigenvalue weighted by Crippen LogP contribution is 2.37. The Hall–Kier alpha value is -2.83. The Labute approximate surface area is 145 Å². The number of fused-ring (bicyclic) bond motifs is 1. The van der Waals surface area contributed by atoms with Crippen LogP contribution < -0.4 is 14.8 Å². The summed E-state index contributed by atoms with van der Waals surface area (Å²) in [7, 11) is 1.72. The van der Waals surface area contributed by atoms with Crippen molar-refractivity contribution in [3.63, 3.8) is 0 Å². The topological polar surface area (TPSA) is 82.5 Å². The maximum Gasteiger partial charge on any atom is 0.273 e. The van der Waals surface area contributed by atoms with Crippen molar-refractivity contribution in [3.8, 4) is 11.5 Å². The molecule has 1 aliphatic rings. The smallest absolute Gasteiger partial charge is 0.273 e. The van der Waals surface area contributed by atoms with Crippen molar-refractivity contribution < 1.29 is 19.1 Å². The zero-order valence-electron chi connectivity index (χ0n) is 15.0. The van der Waals surface area contributed by atoms with Gasteiger partial charge in [0.05, 0.1) is 11.4 Å². The van der Waals surface area contributed by atoms with Gasteiger partial charge in [-0.25, -0.2) is 0 Å². The lowest BCUT2D eigenvalue weighted by Crippen LogP contribution is -2.17. The molecule has 0 saturated carbocycles. The molecule has 0 spiro atoms. The normalized spacial score (nSPS) is 13.0. The van der Waals surface area contributed by atoms with E-state index in [0.717, 1.165) is 5.69 Å². The standard InChI is InChI=1S/C18H21N3O4/c1-10(22)11-6-14-15(25-9-24-14)7-12(11)19-17(23)13-8-16(18(2,3)4)20-21(13)5/h6-8H,9H2,1-5H3,(H,19,23). The van der Waals surface area contributed by atoms with Crippen molar-refractivity contribution in [2.75, 3.05) is 12.1 Å². The molecule has 0 unspecified atom stereocenters. The van der Waals surface area contributed by atoms with E-state index in [0.29, 0.717) is 28.4 Å². The van der Waals surface area contributed by atoms with Crippen LogP contribution in [0.4, 0.5) is 5.69 Å². The van der Waals surface area contributed by atoms with Crippen LogP contribution in [0.25, 0.3) is 0 Å². The third-order valence-electron chi connectivity index (χ3n) is 4.02. The number of rotatable bonds is 3. The summed E-state index contributed by atoms with van der Waals surface area (Å²) in [4.78, 5) is 24.6. The zero-order valence-corrected chi connectivity index (χ0v) is 15.0. The first kappa shape index (κ1) is 17.0. The van der Waals surface area contributed by atoms with E-state index in [4.69, 9.17) is 9.47 Å². The largest absolute Gasteiger partial charge is 0.454 e. The van der Waals surface area contributed by atoms with Crippen molar-refractivity contribution in [2.45, 2.75) is 33.1 Å². The van der Waals surface area contributed by atoms with Gasteiger partial charge in [-0.15, -0.1) is 0 Å². The van der Waals surface area contributed by atoms with Crippen LogP contribution >= 0.6 is 0 Å². The second kappa shape index (κ2) is 5.91. The van der Waals surface area contributed by atoms with Gasteiger partial charge in [0.1, 0.15) is 5.69 Å². The van der Waals surface area contributed by atoms with Crippen LogP contribution in [0.2, 0.25) is 0 Å². The van der Waals surface area contributed by atoms with Crippen LogP contribution in [0.5, 0.6) is 11.5 Å². The minimum absolute atomic E-state index is 0.0980. The Bertz CT molecular complexity index is 862. The number of aryl methyl sites for hydroxylation is 1. The second-order valence-electron chi connectivity index (χ2n) is 7.05. The van der Waals surface area contributed by atoms with Crippen LogP contribution in [-0.2, 0) is 12.5 Å². The van der Waals surface area contributed by atoms with E-state index < -0.39 is 0 Å². The van der Waals surface area contributed by atoms with Crippen LogP contribution in [-0.4, -0.2) is 28.3 Å². The average molecular weight is 343 g/mol. The Kier molecular flexibility index (Phi) is 4.02. The third kappa shape index (κ3) is 3.22. The van der Waals surface area contributed by atoms with Crippen molar-refractivity contribution in [1.82, 2.24) is 9.78 Å². The van der Waals surface area contributed by atoms with E-state index in [1.165, 1.54) is 11.6 Å². The lowest BCUT2D eigenvalue weighted by Gasteiger charge is -2.13. The summed E-state index contributed by atoms with van der Waals surface area (Å²) < 4.78 is 12.2. The maximum atomic E-state index is 12.7. The molecule has 1 N–H and O–H groups in total. The Balaban J connectivity index is 1.94. The zero-order chi connectivity index (χ0) is 18.4. The number of amides is 1. The average Bonchev–Trinajstić information content (AvgIpc) is 3.11. The second-order valence-corrected chi connectivity index (χ2v) is 7.05. The molecule has 7 nitrogen and oxygen atoms in total. The molecule has 1 amide bonds. The van der Waals surface area contributed by atoms with Gasteiger partial charge in [0.2, 0.25) is 6.79 Å². The van der Waals surface area contributed by atoms with E-state index in [9.17, 15) is 9.59 Å². The molecular formula is C18H21N3O4. The first-order chi connectivity index (χ1) is 11.7. The van der Waals surface area contributed by atoms with Gasteiger partial charge in [-0.1, -0.05) is 20.8 Å². The summed E-state index contributed by atoms with van der Waals surface area (Å²) in [5, 5.41) is 7.19. The number of hydrogen-bond acceptors (Lipinski definition) is 5. The minimum Gasteiger partial charge on any atom is -0.454 e. The van der Waals surface area contributed by atoms with Gasteiger partial charge in [0, 0.05) is 24.1 Å². The molecule has 25 heavy (non-hydrogen) atoms. The summed E-state index contributed by atoms with van der Waals surface area (Å²) in [5.41, 5.74) is 1.82. The Morgan fingerprint density at radius 1 is 1.16 bits per heavy atom. The lowest BCUT2D eigenvalue weighted by molar-refractivity contribution is 0.101. The number of ketones is 1. The van der Waals surface area contributed by atoms with E-state index in [1.807, 2.05) is 20.8 Å². The number of carbonyl (C=O) groups excluding carboxylic acids is 2. The molecule has 0 saturated heterocycles. The number of aromatic nitrogens is 2. The molecule has 0 aliphatic carbocycles. The first-order valence-electron chi connectivity index (χ1n) is 7.97. The third-order valence-corrected chi connectivity index (χ3v) is 4.02. The predicted octanol–water partition coefficient (Wildman–Crippen LogP) is 2.90. The van der Waals surface area contributed by atoms with Crippen molar-refractivity contribution in [2.24, 2.45) is 7.05 Å². The lowest BCUT2D eigenvalue weighted by atomic mass is 9.92. The molecular weight excluding hydrogens is 322 g/mol. The van der Waals surface area contributed by atoms with Crippen LogP contribution in [0, 0.1) is 0 Å². The fourth-order valence-corrected chi connectivity index (χ4v) is 2.57. The molecule has 3 rings (SSSR count). The van der Waals surface area contributed by atoms with Crippen LogP contribution in [0.3, 0.4) is 0 Å². The molecule has 7 heteroatoms. The summed E-state index contributed by atoms with van der Waals surface area (Å²) in [5.74, 6) is 0.486. The molecule has 0 fully saturated rings. The molecule has 132 valence electrons. The SMILES string of the molecule is CC(=O)c1cc2c(cc1NC(=O)c1cc(C(C)(C)C)nn1C)OCO2. The van der Waals surface area contributed by atoms with Crippen molar-refractivity contribution in [3.05, 3.63) is 35.2 Å². The first-order valence-corrected chi connectivity index (χ1v) is 7.97. The molecule has 1 aromatic carbocycles. The predicted molar refractivity (Wildman–Crippen MR) is 92.4 cm³/mol. The van der Waals surface area contributed by atoms with E-state index >= 15 is 0 Å². The fourth-order valence-electron chi connectivity index (χ4n) is 2.57. The number of ether oxygens (including phenoxy) is 2. The van der Waals surface area contributed by atoms with Gasteiger partial charge < -0.3 is 14.8 Å². The summed E-state index contributed by atoms with van der Waals surface area (Å²) >= 11 is 0. The Morgan fingerprint density at radius 3 is 2.36 bits per heavy atom. The molecule has 0 atom stereocenters. The number of hydrogen-bond donors (Lipinski definition) is 1. The number of anilines is 1. The number of carbonyl (C=O) groups is 2. The fraction of sp³-hybridized carbons (Fsp3) is 0.389. The van der Waals surface area contributed by atoms with Crippen molar-refractivity contribution >= 4 is 17.4 Å². The van der Waals surface area contributed by atoms with Gasteiger partial charge in [-0.3, -0.25) is 14.3 Å². The van der Waals surface area contributed by atoms with E-state index in [2.05, 4.69) is 10.4 Å². The molecule has 0 bridgehead atoms. The molecule has 0 radical (unpaired) electrons. The van der Waals surface area contributed by atoms with E-state index in [-0.39, 0.29) is 23.9 Å². The van der Waals surface area contributed by atoms with Gasteiger partial charge in [-0.05, 0) is 19.1 Å². The number of Topliss-reactive ketones (excluding diaryl/α,β-unsaturated/α-hetero) is 1. The van der Waals surface area contributed by atoms with Gasteiger partial charge in [0.15, 0.2) is 17.3 Å². The summed E-state index contributed by atoms with van der Waals surface area (Å²) in [6.07, 6.45) is 0. The monoisotopic (exact) mass is 343 g/mol. The minimum atomic E-state index is -0.341. The summed E-state index contributed by atoms with van der Waals surface area (Å²) in [6, 6.07) is 4.96. The molecule has 1 aromatic heterocycles. The quantitative estimate of drug-likeness (QED) is 0.867.